The third-order valence-corrected chi connectivity index (χ3v) is 7.00. The Hall–Kier alpha value is -5.42. The maximum atomic E-state index is 12.9. The molecule has 0 spiro atoms. The van der Waals surface area contributed by atoms with Gasteiger partial charge in [0.1, 0.15) is 5.69 Å². The van der Waals surface area contributed by atoms with Crippen molar-refractivity contribution in [2.24, 2.45) is 7.05 Å². The van der Waals surface area contributed by atoms with Gasteiger partial charge in [-0.05, 0) is 35.2 Å². The zero-order chi connectivity index (χ0) is 27.6. The second kappa shape index (κ2) is 10.4. The van der Waals surface area contributed by atoms with E-state index in [1.807, 2.05) is 84.4 Å². The number of rotatable bonds is 4. The predicted molar refractivity (Wildman–Crippen MR) is 156 cm³/mol. The molecule has 0 radical (unpaired) electrons. The molecule has 1 aliphatic heterocycles. The van der Waals surface area contributed by atoms with E-state index in [1.54, 1.807) is 6.20 Å². The molecule has 0 saturated heterocycles. The van der Waals surface area contributed by atoms with Gasteiger partial charge in [-0.3, -0.25) is 9.59 Å². The molecule has 5 aromatic rings. The summed E-state index contributed by atoms with van der Waals surface area (Å²) in [6.45, 7) is 0.595. The van der Waals surface area contributed by atoms with Crippen LogP contribution in [-0.2, 0) is 24.7 Å². The molecule has 4 N–H and O–H groups in total. The number of anilines is 2. The third-order valence-electron chi connectivity index (χ3n) is 7.00. The van der Waals surface area contributed by atoms with Crippen molar-refractivity contribution in [3.63, 3.8) is 0 Å². The summed E-state index contributed by atoms with van der Waals surface area (Å²) in [5.74, 6) is 6.27. The highest BCUT2D eigenvalue weighted by molar-refractivity contribution is 6.02. The van der Waals surface area contributed by atoms with Crippen LogP contribution in [0.15, 0.2) is 79.0 Å². The largest absolute Gasteiger partial charge is 0.368 e. The van der Waals surface area contributed by atoms with Crippen molar-refractivity contribution in [1.82, 2.24) is 19.9 Å². The Morgan fingerprint density at radius 1 is 1.07 bits per heavy atom. The highest BCUT2D eigenvalue weighted by atomic mass is 16.2. The Morgan fingerprint density at radius 2 is 1.90 bits per heavy atom. The van der Waals surface area contributed by atoms with Gasteiger partial charge >= 0.3 is 0 Å². The molecule has 3 aromatic carbocycles. The number of hydrogen-bond donors (Lipinski definition) is 3. The number of carbonyl (C=O) groups is 2. The normalized spacial score (nSPS) is 12.3. The van der Waals surface area contributed by atoms with Gasteiger partial charge in [-0.15, -0.1) is 0 Å². The van der Waals surface area contributed by atoms with Gasteiger partial charge in [0.2, 0.25) is 11.9 Å². The first-order chi connectivity index (χ1) is 19.5. The molecule has 196 valence electrons. The molecule has 0 unspecified atom stereocenters. The van der Waals surface area contributed by atoms with Crippen molar-refractivity contribution < 1.29 is 9.59 Å². The molecule has 8 heteroatoms. The molecular formula is C32H26N6O2. The van der Waals surface area contributed by atoms with Crippen LogP contribution in [0.1, 0.15) is 32.7 Å². The van der Waals surface area contributed by atoms with Crippen LogP contribution in [0.25, 0.3) is 22.2 Å². The first kappa shape index (κ1) is 24.9. The van der Waals surface area contributed by atoms with E-state index in [4.69, 9.17) is 5.73 Å². The van der Waals surface area contributed by atoms with E-state index in [1.165, 1.54) is 0 Å². The number of hydrogen-bond acceptors (Lipinski definition) is 5. The summed E-state index contributed by atoms with van der Waals surface area (Å²) >= 11 is 0. The molecule has 1 aliphatic rings. The fraction of sp³-hybridized carbons (Fsp3) is 0.125. The minimum atomic E-state index is -0.104. The molecule has 2 aromatic heterocycles. The molecule has 0 aliphatic carbocycles. The molecule has 0 fully saturated rings. The van der Waals surface area contributed by atoms with E-state index in [-0.39, 0.29) is 24.2 Å². The Labute approximate surface area is 231 Å². The molecular weight excluding hydrogens is 500 g/mol. The summed E-state index contributed by atoms with van der Waals surface area (Å²) in [5, 5.41) is 7.98. The van der Waals surface area contributed by atoms with Gasteiger partial charge in [-0.2, -0.15) is 0 Å². The van der Waals surface area contributed by atoms with Crippen LogP contribution in [0, 0.1) is 11.8 Å². The van der Waals surface area contributed by atoms with E-state index in [9.17, 15) is 9.59 Å². The van der Waals surface area contributed by atoms with Crippen LogP contribution in [0.4, 0.5) is 11.6 Å². The van der Waals surface area contributed by atoms with Crippen LogP contribution in [0.2, 0.25) is 0 Å². The lowest BCUT2D eigenvalue weighted by atomic mass is 10.1. The van der Waals surface area contributed by atoms with Gasteiger partial charge in [0.15, 0.2) is 0 Å². The maximum absolute atomic E-state index is 12.9. The van der Waals surface area contributed by atoms with E-state index >= 15 is 0 Å². The average Bonchev–Trinajstić information content (AvgIpc) is 3.30. The van der Waals surface area contributed by atoms with Crippen molar-refractivity contribution in [2.45, 2.75) is 12.8 Å². The minimum absolute atomic E-state index is 0.0981. The topological polar surface area (TPSA) is 115 Å². The van der Waals surface area contributed by atoms with Crippen LogP contribution in [-0.4, -0.2) is 32.9 Å². The van der Waals surface area contributed by atoms with E-state index in [0.717, 1.165) is 45.4 Å². The number of nitrogens with two attached hydrogens (primary N) is 1. The quantitative estimate of drug-likeness (QED) is 0.305. The van der Waals surface area contributed by atoms with Crippen molar-refractivity contribution in [1.29, 1.82) is 0 Å². The summed E-state index contributed by atoms with van der Waals surface area (Å²) in [4.78, 5) is 33.9. The van der Waals surface area contributed by atoms with Crippen LogP contribution in [0.5, 0.6) is 0 Å². The van der Waals surface area contributed by atoms with Gasteiger partial charge in [0.05, 0.1) is 23.2 Å². The Morgan fingerprint density at radius 3 is 2.77 bits per heavy atom. The summed E-state index contributed by atoms with van der Waals surface area (Å²) in [7, 11) is 1.91. The number of nitrogens with one attached hydrogen (secondary N) is 2. The van der Waals surface area contributed by atoms with Gasteiger partial charge in [-0.1, -0.05) is 60.4 Å². The second-order valence-corrected chi connectivity index (χ2v) is 9.65. The number of nitrogens with zero attached hydrogens (tertiary/aromatic N) is 3. The van der Waals surface area contributed by atoms with Gasteiger partial charge in [0.25, 0.3) is 5.91 Å². The van der Waals surface area contributed by atoms with Crippen molar-refractivity contribution >= 4 is 34.2 Å². The number of amides is 2. The molecule has 8 nitrogen and oxygen atoms in total. The smallest absolute Gasteiger partial charge is 0.253 e. The highest BCUT2D eigenvalue weighted by Crippen LogP contribution is 2.28. The van der Waals surface area contributed by atoms with E-state index in [0.29, 0.717) is 23.4 Å². The zero-order valence-corrected chi connectivity index (χ0v) is 21.9. The van der Waals surface area contributed by atoms with E-state index < -0.39 is 0 Å². The van der Waals surface area contributed by atoms with Crippen molar-refractivity contribution in [3.8, 4) is 23.2 Å². The van der Waals surface area contributed by atoms with Crippen molar-refractivity contribution in [2.75, 3.05) is 17.6 Å². The lowest BCUT2D eigenvalue weighted by molar-refractivity contribution is -0.115. The number of carbonyl (C=O) groups excluding carboxylic acids is 2. The fourth-order valence-electron chi connectivity index (χ4n) is 5.05. The molecule has 6 rings (SSSR count). The standard InChI is InChI=1S/C32H26N6O2/c1-38-27-14-15-34-31(40)25(27)18-28(38)30-23(19-35-32(33)37-30)13-12-20-6-4-7-21(16-20)17-29(39)36-26-11-5-9-22-8-2-3-10-24(22)26/h2-11,16,18-19H,14-15,17H2,1H3,(H,34,40)(H,36,39)(H2,33,35,37). The number of fused-ring (bicyclic) bond motifs is 2. The Bertz CT molecular complexity index is 1860. The first-order valence-electron chi connectivity index (χ1n) is 12.9. The third kappa shape index (κ3) is 4.88. The summed E-state index contributed by atoms with van der Waals surface area (Å²) in [5.41, 5.74) is 11.8. The molecule has 40 heavy (non-hydrogen) atoms. The Balaban J connectivity index is 1.25. The minimum Gasteiger partial charge on any atom is -0.368 e. The SMILES string of the molecule is Cn1c(-c2nc(N)ncc2C#Cc2cccc(CC(=O)Nc3cccc4ccccc34)c2)cc2c1CCNC2=O. The summed E-state index contributed by atoms with van der Waals surface area (Å²) < 4.78 is 1.97. The monoisotopic (exact) mass is 526 g/mol. The second-order valence-electron chi connectivity index (χ2n) is 9.65. The maximum Gasteiger partial charge on any atom is 0.253 e. The first-order valence-corrected chi connectivity index (χ1v) is 12.9. The van der Waals surface area contributed by atoms with Crippen LogP contribution >= 0.6 is 0 Å². The van der Waals surface area contributed by atoms with Crippen LogP contribution in [0.3, 0.4) is 0 Å². The van der Waals surface area contributed by atoms with Gasteiger partial charge in [-0.25, -0.2) is 9.97 Å². The average molecular weight is 527 g/mol. The lowest BCUT2D eigenvalue weighted by Gasteiger charge is -2.14. The number of nitrogen functional groups attached to an aromatic ring is 1. The molecule has 0 saturated carbocycles. The predicted octanol–water partition coefficient (Wildman–Crippen LogP) is 4.08. The molecule has 0 bridgehead atoms. The fourth-order valence-corrected chi connectivity index (χ4v) is 5.05. The molecule has 3 heterocycles. The van der Waals surface area contributed by atoms with Gasteiger partial charge in [0, 0.05) is 48.5 Å². The number of benzene rings is 3. The van der Waals surface area contributed by atoms with Crippen LogP contribution < -0.4 is 16.4 Å². The summed E-state index contributed by atoms with van der Waals surface area (Å²) in [6, 6.07) is 23.2. The van der Waals surface area contributed by atoms with Gasteiger partial charge < -0.3 is 20.9 Å². The molecule has 0 atom stereocenters. The van der Waals surface area contributed by atoms with Crippen molar-refractivity contribution in [3.05, 3.63) is 107 Å². The molecule has 2 amide bonds. The van der Waals surface area contributed by atoms with E-state index in [2.05, 4.69) is 32.4 Å². The summed E-state index contributed by atoms with van der Waals surface area (Å²) in [6.07, 6.45) is 2.55. The number of aromatic nitrogens is 3. The Kier molecular flexibility index (Phi) is 6.46. The highest BCUT2D eigenvalue weighted by Gasteiger charge is 2.24. The zero-order valence-electron chi connectivity index (χ0n) is 21.9. The lowest BCUT2D eigenvalue weighted by Crippen LogP contribution is -2.31.